The molecular weight excluding hydrogens is 1160 g/mol. The van der Waals surface area contributed by atoms with Gasteiger partial charge in [-0.1, -0.05) is 179 Å². The number of rotatable bonds is 16. The lowest BCUT2D eigenvalue weighted by Crippen LogP contribution is -2.25. The van der Waals surface area contributed by atoms with Gasteiger partial charge in [-0.05, 0) is 243 Å². The van der Waals surface area contributed by atoms with E-state index in [0.29, 0.717) is 19.6 Å². The molecule has 2 aromatic heterocycles. The average Bonchev–Trinajstić information content (AvgIpc) is 1.63. The van der Waals surface area contributed by atoms with Gasteiger partial charge in [0.2, 0.25) is 0 Å². The fourth-order valence-corrected chi connectivity index (χ4v) is 16.8. The van der Waals surface area contributed by atoms with E-state index in [1.54, 1.807) is 0 Å². The molecule has 6 nitrogen and oxygen atoms in total. The molecule has 0 saturated carbocycles. The molecule has 0 saturated heterocycles. The fraction of sp³-hybridized carbons (Fsp3) is 0.461. The first-order valence-electron chi connectivity index (χ1n) is 35.8. The zero-order chi connectivity index (χ0) is 68.4. The second kappa shape index (κ2) is 24.8. The van der Waals surface area contributed by atoms with E-state index in [1.807, 2.05) is 0 Å². The van der Waals surface area contributed by atoms with Gasteiger partial charge in [-0.2, -0.15) is 0 Å². The van der Waals surface area contributed by atoms with Crippen LogP contribution in [0.2, 0.25) is 0 Å². The zero-order valence-electron chi connectivity index (χ0n) is 61.8. The zero-order valence-corrected chi connectivity index (χ0v) is 61.8. The molecule has 2 heterocycles. The summed E-state index contributed by atoms with van der Waals surface area (Å²) in [7, 11) is 0. The molecule has 1 atom stereocenters. The first-order chi connectivity index (χ1) is 44.5. The molecule has 2 aliphatic rings. The van der Waals surface area contributed by atoms with Gasteiger partial charge < -0.3 is 28.8 Å². The number of nitrogens with zero attached hydrogens (tertiary/aromatic N) is 2. The van der Waals surface area contributed by atoms with Crippen LogP contribution < -0.4 is 9.47 Å². The minimum atomic E-state index is -0.230. The summed E-state index contributed by atoms with van der Waals surface area (Å²) in [6.07, 6.45) is 8.73. The van der Waals surface area contributed by atoms with Crippen molar-refractivity contribution in [2.24, 2.45) is 10.8 Å². The van der Waals surface area contributed by atoms with Crippen LogP contribution in [0.15, 0.2) is 109 Å². The van der Waals surface area contributed by atoms with Crippen LogP contribution in [0.1, 0.15) is 241 Å². The van der Waals surface area contributed by atoms with Crippen LogP contribution in [0.25, 0.3) is 77.2 Å². The van der Waals surface area contributed by atoms with Gasteiger partial charge >= 0.3 is 0 Å². The van der Waals surface area contributed by atoms with Gasteiger partial charge in [0.25, 0.3) is 0 Å². The number of hydrogen-bond acceptors (Lipinski definition) is 4. The highest BCUT2D eigenvalue weighted by molar-refractivity contribution is 6.11. The van der Waals surface area contributed by atoms with E-state index in [-0.39, 0.29) is 51.6 Å². The monoisotopic (exact) mass is 1270 g/mol. The number of aryl methyl sites for hydroxylation is 3. The standard InChI is InChI=1S/C89H110N2O4/c1-53-29-33-64-65-34-30-58(86(11,12)13)45-78(65)90(76(64)39-53)77-43-57(56(4)49-84(5,6)7)42-70(74(77)50-92)72-40-54(2)62-25-22-27-68(62)82(72)94-37-24-38-95-83-69-28-23-26-63(69)55(3)41-73(83)71-44-61(89(20,21)52-85(8,9)10)48-81(75(71)51-93)91-79-46-59(87(14,15)16)31-35-66(79)67-36-32-60(47-80(67)91)88(17,18)19/h29-36,39-48,56,92-93H,22-28,37-38,49-52H2,1-21H3. The van der Waals surface area contributed by atoms with Gasteiger partial charge in [0.15, 0.2) is 0 Å². The Balaban J connectivity index is 0.981. The Morgan fingerprint density at radius 3 is 1.23 bits per heavy atom. The van der Waals surface area contributed by atoms with Gasteiger partial charge in [0.1, 0.15) is 11.5 Å². The van der Waals surface area contributed by atoms with E-state index >= 15 is 0 Å². The number of fused-ring (bicyclic) bond motifs is 8. The summed E-state index contributed by atoms with van der Waals surface area (Å²) >= 11 is 0. The quantitative estimate of drug-likeness (QED) is 0.0946. The minimum Gasteiger partial charge on any atom is -0.493 e. The normalized spacial score (nSPS) is 14.5. The highest BCUT2D eigenvalue weighted by Gasteiger charge is 2.34. The van der Waals surface area contributed by atoms with Crippen molar-refractivity contribution in [2.75, 3.05) is 13.2 Å². The molecule has 0 aliphatic heterocycles. The molecule has 2 N–H and O–H groups in total. The molecule has 10 aromatic rings. The minimum absolute atomic E-state index is 0.0533. The third-order valence-electron chi connectivity index (χ3n) is 21.3. The highest BCUT2D eigenvalue weighted by atomic mass is 16.5. The lowest BCUT2D eigenvalue weighted by atomic mass is 9.71. The molecule has 0 radical (unpaired) electrons. The van der Waals surface area contributed by atoms with E-state index in [1.165, 1.54) is 88.3 Å². The van der Waals surface area contributed by atoms with Crippen LogP contribution in [0.5, 0.6) is 11.5 Å². The van der Waals surface area contributed by atoms with Crippen molar-refractivity contribution in [1.82, 2.24) is 9.13 Å². The van der Waals surface area contributed by atoms with Gasteiger partial charge in [-0.25, -0.2) is 0 Å². The number of hydrogen-bond donors (Lipinski definition) is 2. The molecule has 0 fully saturated rings. The Morgan fingerprint density at radius 1 is 0.421 bits per heavy atom. The topological polar surface area (TPSA) is 68.8 Å². The number of ether oxygens (including phenoxy) is 2. The van der Waals surface area contributed by atoms with Gasteiger partial charge in [-0.15, -0.1) is 0 Å². The molecular formula is C89H110N2O4. The fourth-order valence-electron chi connectivity index (χ4n) is 16.8. The van der Waals surface area contributed by atoms with Crippen LogP contribution in [-0.4, -0.2) is 32.6 Å². The lowest BCUT2D eigenvalue weighted by Gasteiger charge is -2.34. The average molecular weight is 1270 g/mol. The van der Waals surface area contributed by atoms with Crippen LogP contribution in [0.3, 0.4) is 0 Å². The van der Waals surface area contributed by atoms with E-state index < -0.39 is 0 Å². The van der Waals surface area contributed by atoms with Crippen LogP contribution >= 0.6 is 0 Å². The molecule has 6 heteroatoms. The van der Waals surface area contributed by atoms with E-state index in [4.69, 9.17) is 9.47 Å². The van der Waals surface area contributed by atoms with E-state index in [0.717, 1.165) is 130 Å². The Hall–Kier alpha value is -7.12. The Bertz CT molecular complexity index is 4560. The number of aliphatic hydroxyl groups excluding tert-OH is 2. The number of benzene rings is 8. The van der Waals surface area contributed by atoms with Crippen LogP contribution in [0, 0.1) is 31.6 Å². The van der Waals surface area contributed by atoms with Crippen molar-refractivity contribution in [2.45, 2.75) is 244 Å². The molecule has 12 rings (SSSR count). The summed E-state index contributed by atoms with van der Waals surface area (Å²) in [6, 6.07) is 42.3. The Morgan fingerprint density at radius 2 is 0.821 bits per heavy atom. The molecule has 95 heavy (non-hydrogen) atoms. The second-order valence-corrected chi connectivity index (χ2v) is 35.1. The third kappa shape index (κ3) is 12.9. The smallest absolute Gasteiger partial charge is 0.130 e. The first kappa shape index (κ1) is 67.8. The second-order valence-electron chi connectivity index (χ2n) is 35.1. The summed E-state index contributed by atoms with van der Waals surface area (Å²) in [5.74, 6) is 2.12. The van der Waals surface area contributed by atoms with Gasteiger partial charge in [0, 0.05) is 50.2 Å². The van der Waals surface area contributed by atoms with Crippen molar-refractivity contribution in [3.05, 3.63) is 187 Å². The van der Waals surface area contributed by atoms with Gasteiger partial charge in [0.05, 0.1) is 59.9 Å². The molecule has 500 valence electrons. The maximum atomic E-state index is 12.3. The Kier molecular flexibility index (Phi) is 17.7. The molecule has 2 aliphatic carbocycles. The van der Waals surface area contributed by atoms with Crippen molar-refractivity contribution in [3.63, 3.8) is 0 Å². The van der Waals surface area contributed by atoms with Crippen LogP contribution in [-0.2, 0) is 60.6 Å². The van der Waals surface area contributed by atoms with E-state index in [2.05, 4.69) is 264 Å². The summed E-state index contributed by atoms with van der Waals surface area (Å²) in [6.45, 7) is 49.3. The highest BCUT2D eigenvalue weighted by Crippen LogP contribution is 2.51. The summed E-state index contributed by atoms with van der Waals surface area (Å²) in [4.78, 5) is 0. The SMILES string of the molecule is Cc1ccc2c3ccc(C(C)(C)C)cc3n(-c3cc(C(C)CC(C)(C)C)cc(-c4cc(C)c5c(c4OCCCOc4c(-c6cc(C(C)(C)CC(C)(C)C)cc(-n7c8cc(C(C)(C)C)ccc8c8ccc(C(C)(C)C)cc87)c6CO)cc(C)c6c4CCC6)CCC5)c3CO)c2c1. The molecule has 0 bridgehead atoms. The maximum Gasteiger partial charge on any atom is 0.130 e. The summed E-state index contributed by atoms with van der Waals surface area (Å²) < 4.78 is 19.8. The molecule has 8 aromatic carbocycles. The van der Waals surface area contributed by atoms with Crippen molar-refractivity contribution in [1.29, 1.82) is 0 Å². The molecule has 0 spiro atoms. The van der Waals surface area contributed by atoms with E-state index in [9.17, 15) is 10.2 Å². The number of aromatic nitrogens is 2. The maximum absolute atomic E-state index is 12.3. The third-order valence-corrected chi connectivity index (χ3v) is 21.3. The predicted molar refractivity (Wildman–Crippen MR) is 404 cm³/mol. The largest absolute Gasteiger partial charge is 0.493 e. The lowest BCUT2D eigenvalue weighted by molar-refractivity contribution is 0.246. The molecule has 1 unspecified atom stereocenters. The van der Waals surface area contributed by atoms with Gasteiger partial charge in [-0.3, -0.25) is 0 Å². The van der Waals surface area contributed by atoms with Crippen molar-refractivity contribution >= 4 is 43.6 Å². The molecule has 0 amide bonds. The summed E-state index contributed by atoms with van der Waals surface area (Å²) in [5.41, 5.74) is 27.8. The van der Waals surface area contributed by atoms with Crippen molar-refractivity contribution in [3.8, 4) is 45.1 Å². The predicted octanol–water partition coefficient (Wildman–Crippen LogP) is 23.1. The first-order valence-corrected chi connectivity index (χ1v) is 35.8. The van der Waals surface area contributed by atoms with Crippen LogP contribution in [0.4, 0.5) is 0 Å². The van der Waals surface area contributed by atoms with Crippen molar-refractivity contribution < 1.29 is 19.7 Å². The summed E-state index contributed by atoms with van der Waals surface area (Å²) in [5, 5.41) is 29.2. The Labute approximate surface area is 569 Å². The number of aliphatic hydroxyl groups is 2.